The van der Waals surface area contributed by atoms with Crippen molar-refractivity contribution in [2.75, 3.05) is 64.9 Å². The van der Waals surface area contributed by atoms with Crippen LogP contribution in [0.5, 0.6) is 0 Å². The molecule has 0 aromatic heterocycles. The monoisotopic (exact) mass is 523 g/mol. The summed E-state index contributed by atoms with van der Waals surface area (Å²) in [6, 6.07) is 2.87. The highest BCUT2D eigenvalue weighted by molar-refractivity contribution is 7.89. The number of alkyl halides is 3. The maximum atomic E-state index is 13.5. The largest absolute Gasteiger partial charge is 0.416 e. The van der Waals surface area contributed by atoms with E-state index in [1.165, 1.54) is 20.2 Å². The molecule has 0 saturated carbocycles. The Hall–Kier alpha value is -1.44. The number of benzene rings is 1. The fourth-order valence-electron chi connectivity index (χ4n) is 4.78. The summed E-state index contributed by atoms with van der Waals surface area (Å²) in [4.78, 5) is 3.48. The van der Waals surface area contributed by atoms with Gasteiger partial charge in [0, 0.05) is 53.4 Å². The Kier molecular flexibility index (Phi) is 8.76. The molecule has 2 saturated heterocycles. The maximum Gasteiger partial charge on any atom is 0.416 e. The predicted molar refractivity (Wildman–Crippen MR) is 126 cm³/mol. The minimum absolute atomic E-state index is 0.0213. The van der Waals surface area contributed by atoms with E-state index < -0.39 is 27.4 Å². The quantitative estimate of drug-likeness (QED) is 0.561. The summed E-state index contributed by atoms with van der Waals surface area (Å²) < 4.78 is 79.9. The van der Waals surface area contributed by atoms with Crippen molar-refractivity contribution < 1.29 is 36.2 Å². The molecule has 0 radical (unpaired) electrons. The summed E-state index contributed by atoms with van der Waals surface area (Å²) in [5.41, 5.74) is -1.52. The number of sulfonamides is 1. The summed E-state index contributed by atoms with van der Waals surface area (Å²) in [5, 5.41) is 9.70. The van der Waals surface area contributed by atoms with Crippen molar-refractivity contribution in [2.45, 2.75) is 55.6 Å². The Morgan fingerprint density at radius 3 is 2.31 bits per heavy atom. The molecule has 0 bridgehead atoms. The molecular weight excluding hydrogens is 487 g/mol. The Morgan fingerprint density at radius 1 is 1.20 bits per heavy atom. The van der Waals surface area contributed by atoms with Crippen LogP contribution in [-0.4, -0.2) is 101 Å². The lowest BCUT2D eigenvalue weighted by atomic mass is 9.91. The van der Waals surface area contributed by atoms with E-state index in [-0.39, 0.29) is 35.9 Å². The van der Waals surface area contributed by atoms with E-state index in [0.717, 1.165) is 16.4 Å². The first-order valence-corrected chi connectivity index (χ1v) is 13.2. The highest BCUT2D eigenvalue weighted by atomic mass is 32.2. The number of morpholine rings is 1. The van der Waals surface area contributed by atoms with Crippen LogP contribution < -0.4 is 4.90 Å². The first-order valence-electron chi connectivity index (χ1n) is 11.8. The number of hydrogen-bond donors (Lipinski definition) is 1. The van der Waals surface area contributed by atoms with Gasteiger partial charge in [-0.15, -0.1) is 0 Å². The summed E-state index contributed by atoms with van der Waals surface area (Å²) in [7, 11) is -1.32. The zero-order chi connectivity index (χ0) is 26.0. The molecule has 1 N–H and O–H groups in total. The van der Waals surface area contributed by atoms with Crippen LogP contribution >= 0.6 is 0 Å². The van der Waals surface area contributed by atoms with E-state index in [0.29, 0.717) is 45.6 Å². The highest BCUT2D eigenvalue weighted by Gasteiger charge is 2.38. The second-order valence-electron chi connectivity index (χ2n) is 9.56. The van der Waals surface area contributed by atoms with E-state index in [1.807, 2.05) is 13.8 Å². The standard InChI is InChI=1S/C23H36F3N3O5S/c1-17-14-28(15-18(2)34-17)12-11-27(3)35(31,32)21-13-19(23(24,25)26)5-6-20(21)29-9-7-22(16-30,33-4)8-10-29/h5-6,13,17-18,30H,7-12,14-16H2,1-4H3/t17-,18+. The van der Waals surface area contributed by atoms with Crippen molar-refractivity contribution in [2.24, 2.45) is 0 Å². The van der Waals surface area contributed by atoms with Crippen molar-refractivity contribution >= 4 is 15.7 Å². The minimum atomic E-state index is -4.68. The van der Waals surface area contributed by atoms with Crippen molar-refractivity contribution in [3.8, 4) is 0 Å². The minimum Gasteiger partial charge on any atom is -0.393 e. The first kappa shape index (κ1) is 28.1. The van der Waals surface area contributed by atoms with Gasteiger partial charge >= 0.3 is 6.18 Å². The normalized spacial score (nSPS) is 24.2. The molecule has 1 aromatic rings. The zero-order valence-electron chi connectivity index (χ0n) is 20.7. The molecule has 2 aliphatic heterocycles. The molecule has 2 fully saturated rings. The molecule has 0 aliphatic carbocycles. The summed E-state index contributed by atoms with van der Waals surface area (Å²) >= 11 is 0. The molecule has 0 unspecified atom stereocenters. The summed E-state index contributed by atoms with van der Waals surface area (Å²) in [6.45, 7) is 6.30. The van der Waals surface area contributed by atoms with Crippen LogP contribution in [0.1, 0.15) is 32.3 Å². The van der Waals surface area contributed by atoms with Gasteiger partial charge in [0.25, 0.3) is 0 Å². The summed E-state index contributed by atoms with van der Waals surface area (Å²) in [5.74, 6) is 0. The third-order valence-corrected chi connectivity index (χ3v) is 8.82. The number of nitrogens with zero attached hydrogens (tertiary/aromatic N) is 3. The number of likely N-dealkylation sites (N-methyl/N-ethyl adjacent to an activating group) is 1. The van der Waals surface area contributed by atoms with Gasteiger partial charge < -0.3 is 19.5 Å². The van der Waals surface area contributed by atoms with Crippen LogP contribution in [0.25, 0.3) is 0 Å². The molecule has 200 valence electrons. The van der Waals surface area contributed by atoms with Gasteiger partial charge in [-0.1, -0.05) is 0 Å². The fraction of sp³-hybridized carbons (Fsp3) is 0.739. The van der Waals surface area contributed by atoms with Gasteiger partial charge in [-0.05, 0) is 44.9 Å². The Labute approximate surface area is 205 Å². The molecular formula is C23H36F3N3O5S. The van der Waals surface area contributed by atoms with Gasteiger partial charge in [0.05, 0.1) is 35.7 Å². The van der Waals surface area contributed by atoms with Crippen molar-refractivity contribution in [1.29, 1.82) is 0 Å². The van der Waals surface area contributed by atoms with Crippen molar-refractivity contribution in [1.82, 2.24) is 9.21 Å². The average molecular weight is 524 g/mol. The predicted octanol–water partition coefficient (Wildman–Crippen LogP) is 2.41. The number of methoxy groups -OCH3 is 1. The van der Waals surface area contributed by atoms with Gasteiger partial charge in [0.2, 0.25) is 10.0 Å². The topological polar surface area (TPSA) is 82.5 Å². The molecule has 35 heavy (non-hydrogen) atoms. The smallest absolute Gasteiger partial charge is 0.393 e. The first-order chi connectivity index (χ1) is 16.3. The SMILES string of the molecule is COC1(CO)CCN(c2ccc(C(F)(F)F)cc2S(=O)(=O)N(C)CCN2C[C@@H](C)O[C@@H](C)C2)CC1. The number of halogens is 3. The van der Waals surface area contributed by atoms with Crippen LogP contribution in [-0.2, 0) is 25.7 Å². The second kappa shape index (κ2) is 10.9. The van der Waals surface area contributed by atoms with Gasteiger partial charge in [-0.3, -0.25) is 4.90 Å². The fourth-order valence-corrected chi connectivity index (χ4v) is 6.17. The number of hydrogen-bond acceptors (Lipinski definition) is 7. The molecule has 2 atom stereocenters. The zero-order valence-corrected chi connectivity index (χ0v) is 21.5. The van der Waals surface area contributed by atoms with Crippen LogP contribution in [0, 0.1) is 0 Å². The van der Waals surface area contributed by atoms with Gasteiger partial charge in [0.1, 0.15) is 4.90 Å². The van der Waals surface area contributed by atoms with Gasteiger partial charge in [-0.25, -0.2) is 8.42 Å². The third-order valence-electron chi connectivity index (χ3n) is 6.94. The molecule has 8 nitrogen and oxygen atoms in total. The summed E-state index contributed by atoms with van der Waals surface area (Å²) in [6.07, 6.45) is -3.79. The number of rotatable bonds is 8. The van der Waals surface area contributed by atoms with E-state index in [4.69, 9.17) is 9.47 Å². The van der Waals surface area contributed by atoms with E-state index in [9.17, 15) is 26.7 Å². The molecule has 0 spiro atoms. The maximum absolute atomic E-state index is 13.5. The van der Waals surface area contributed by atoms with Gasteiger partial charge in [-0.2, -0.15) is 17.5 Å². The third kappa shape index (κ3) is 6.47. The molecule has 12 heteroatoms. The van der Waals surface area contributed by atoms with Crippen LogP contribution in [0.2, 0.25) is 0 Å². The number of ether oxygens (including phenoxy) is 2. The van der Waals surface area contributed by atoms with E-state index >= 15 is 0 Å². The number of piperidine rings is 1. The Bertz CT molecular complexity index is 952. The highest BCUT2D eigenvalue weighted by Crippen LogP contribution is 2.38. The molecule has 1 aromatic carbocycles. The second-order valence-corrected chi connectivity index (χ2v) is 11.6. The van der Waals surface area contributed by atoms with Crippen molar-refractivity contribution in [3.05, 3.63) is 23.8 Å². The molecule has 3 rings (SSSR count). The van der Waals surface area contributed by atoms with Crippen LogP contribution in [0.4, 0.5) is 18.9 Å². The molecule has 0 amide bonds. The van der Waals surface area contributed by atoms with Crippen molar-refractivity contribution in [3.63, 3.8) is 0 Å². The van der Waals surface area contributed by atoms with E-state index in [1.54, 1.807) is 4.90 Å². The molecule has 2 heterocycles. The van der Waals surface area contributed by atoms with Crippen LogP contribution in [0.3, 0.4) is 0 Å². The lowest BCUT2D eigenvalue weighted by Gasteiger charge is -2.41. The van der Waals surface area contributed by atoms with E-state index in [2.05, 4.69) is 4.90 Å². The van der Waals surface area contributed by atoms with Gasteiger partial charge in [0.15, 0.2) is 0 Å². The Morgan fingerprint density at radius 2 is 1.80 bits per heavy atom. The average Bonchev–Trinajstić information content (AvgIpc) is 2.81. The number of anilines is 1. The number of aliphatic hydroxyl groups is 1. The Balaban J connectivity index is 1.86. The van der Waals surface area contributed by atoms with Crippen LogP contribution in [0.15, 0.2) is 23.1 Å². The number of aliphatic hydroxyl groups excluding tert-OH is 1. The lowest BCUT2D eigenvalue weighted by molar-refractivity contribution is -0.137. The molecule has 2 aliphatic rings. The lowest BCUT2D eigenvalue weighted by Crippen LogP contribution is -2.49.